The standard InChI is InChI=1S/C23H30N10O13P2/c1-8(2)42-16-15-10(44-22(16)33-7-29-12-19(33)30-23(25)31-20(12)35)4-41-47(36,37)45-14-9(3-40-48(38,39)46-15)43-21(13(14)34)32-6-28-11-17(24)26-5-27-18(11)32/h5-10,13-16,21-22,34H,3-4H2,1-2H3,(H,36,37)(H,38,39)(H2,24,26,27)(H3,25,30,31,35)/t9-,10-,13-,14-,15-,16-,21-,22-/m1/s1. The second kappa shape index (κ2) is 12.2. The van der Waals surface area contributed by atoms with Gasteiger partial charge in [0.05, 0.1) is 32.0 Å². The van der Waals surface area contributed by atoms with E-state index >= 15 is 0 Å². The van der Waals surface area contributed by atoms with E-state index in [1.165, 1.54) is 21.8 Å². The highest BCUT2D eigenvalue weighted by Gasteiger charge is 2.55. The summed E-state index contributed by atoms with van der Waals surface area (Å²) in [5.74, 6) is -0.170. The summed E-state index contributed by atoms with van der Waals surface area (Å²) >= 11 is 0. The molecule has 48 heavy (non-hydrogen) atoms. The van der Waals surface area contributed by atoms with Gasteiger partial charge < -0.3 is 40.6 Å². The lowest BCUT2D eigenvalue weighted by atomic mass is 10.1. The number of fused-ring (bicyclic) bond motifs is 4. The fourth-order valence-corrected chi connectivity index (χ4v) is 7.68. The molecule has 10 atom stereocenters. The molecule has 3 saturated heterocycles. The van der Waals surface area contributed by atoms with Crippen LogP contribution in [0.2, 0.25) is 0 Å². The van der Waals surface area contributed by atoms with E-state index in [1.54, 1.807) is 13.8 Å². The van der Waals surface area contributed by atoms with E-state index in [0.29, 0.717) is 0 Å². The molecule has 0 spiro atoms. The van der Waals surface area contributed by atoms with Gasteiger partial charge >= 0.3 is 15.6 Å². The molecule has 0 bridgehead atoms. The van der Waals surface area contributed by atoms with Crippen molar-refractivity contribution in [3.8, 4) is 0 Å². The molecule has 25 heteroatoms. The van der Waals surface area contributed by atoms with Gasteiger partial charge in [-0.3, -0.25) is 37.0 Å². The lowest BCUT2D eigenvalue weighted by molar-refractivity contribution is -0.0901. The van der Waals surface area contributed by atoms with Crippen LogP contribution in [0.4, 0.5) is 11.8 Å². The predicted octanol–water partition coefficient (Wildman–Crippen LogP) is -0.909. The normalized spacial score (nSPS) is 36.2. The van der Waals surface area contributed by atoms with Crippen molar-refractivity contribution in [1.29, 1.82) is 0 Å². The molecule has 3 aliphatic rings. The van der Waals surface area contributed by atoms with Gasteiger partial charge in [0.15, 0.2) is 35.1 Å². The summed E-state index contributed by atoms with van der Waals surface area (Å²) in [6.45, 7) is 1.83. The molecule has 0 aromatic carbocycles. The lowest BCUT2D eigenvalue weighted by Gasteiger charge is -2.29. The van der Waals surface area contributed by atoms with E-state index < -0.39 is 89.6 Å². The van der Waals surface area contributed by atoms with Crippen LogP contribution in [0, 0.1) is 0 Å². The first-order valence-corrected chi connectivity index (χ1v) is 17.3. The molecule has 0 amide bonds. The molecule has 4 aromatic rings. The summed E-state index contributed by atoms with van der Waals surface area (Å²) in [6.07, 6.45) is -8.28. The number of hydrogen-bond donors (Lipinski definition) is 6. The number of imidazole rings is 2. The number of nitrogen functional groups attached to an aromatic ring is 2. The largest absolute Gasteiger partial charge is 0.472 e. The third-order valence-electron chi connectivity index (χ3n) is 7.72. The van der Waals surface area contributed by atoms with Gasteiger partial charge in [-0.05, 0) is 13.8 Å². The van der Waals surface area contributed by atoms with Crippen LogP contribution in [0.5, 0.6) is 0 Å². The molecule has 4 aromatic heterocycles. The van der Waals surface area contributed by atoms with Crippen molar-refractivity contribution in [3.05, 3.63) is 29.3 Å². The number of nitrogens with two attached hydrogens (primary N) is 2. The first-order chi connectivity index (χ1) is 22.7. The first kappa shape index (κ1) is 33.1. The number of aliphatic hydroxyl groups excluding tert-OH is 1. The number of nitrogens with one attached hydrogen (secondary N) is 1. The van der Waals surface area contributed by atoms with Crippen LogP contribution >= 0.6 is 15.6 Å². The van der Waals surface area contributed by atoms with Crippen LogP contribution < -0.4 is 17.0 Å². The van der Waals surface area contributed by atoms with Crippen molar-refractivity contribution in [2.24, 2.45) is 0 Å². The van der Waals surface area contributed by atoms with Gasteiger partial charge in [0.25, 0.3) is 5.56 Å². The minimum Gasteiger partial charge on any atom is -0.386 e. The highest BCUT2D eigenvalue weighted by atomic mass is 31.2. The molecule has 3 fully saturated rings. The molecule has 0 radical (unpaired) electrons. The third kappa shape index (κ3) is 6.01. The van der Waals surface area contributed by atoms with Gasteiger partial charge in [-0.15, -0.1) is 0 Å². The zero-order valence-corrected chi connectivity index (χ0v) is 26.7. The Hall–Kier alpha value is -3.44. The number of aromatic nitrogens is 8. The second-order valence-electron chi connectivity index (χ2n) is 11.3. The number of hydrogen-bond acceptors (Lipinski definition) is 18. The average Bonchev–Trinajstić information content (AvgIpc) is 3.76. The van der Waals surface area contributed by atoms with Crippen molar-refractivity contribution < 1.29 is 56.3 Å². The minimum absolute atomic E-state index is 0.00947. The van der Waals surface area contributed by atoms with Gasteiger partial charge in [-0.1, -0.05) is 0 Å². The molecule has 260 valence electrons. The zero-order chi connectivity index (χ0) is 34.1. The van der Waals surface area contributed by atoms with E-state index in [4.69, 9.17) is 43.8 Å². The van der Waals surface area contributed by atoms with E-state index in [-0.39, 0.29) is 34.1 Å². The van der Waals surface area contributed by atoms with Crippen LogP contribution in [-0.2, 0) is 41.4 Å². The summed E-state index contributed by atoms with van der Waals surface area (Å²) in [7, 11) is -10.1. The Balaban J connectivity index is 1.20. The minimum atomic E-state index is -5.03. The maximum atomic E-state index is 13.4. The Morgan fingerprint density at radius 1 is 0.917 bits per heavy atom. The lowest BCUT2D eigenvalue weighted by Crippen LogP contribution is -2.40. The molecule has 3 aliphatic heterocycles. The number of nitrogens with zero attached hydrogens (tertiary/aromatic N) is 7. The summed E-state index contributed by atoms with van der Waals surface area (Å²) in [4.78, 5) is 56.7. The summed E-state index contributed by atoms with van der Waals surface area (Å²) < 4.78 is 68.8. The number of phosphoric ester groups is 2. The Kier molecular flexibility index (Phi) is 8.38. The van der Waals surface area contributed by atoms with Crippen LogP contribution in [0.3, 0.4) is 0 Å². The van der Waals surface area contributed by atoms with E-state index in [0.717, 1.165) is 6.33 Å². The Morgan fingerprint density at radius 2 is 1.52 bits per heavy atom. The van der Waals surface area contributed by atoms with E-state index in [1.807, 2.05) is 0 Å². The average molecular weight is 716 g/mol. The van der Waals surface area contributed by atoms with Crippen LogP contribution in [-0.4, -0.2) is 110 Å². The number of aliphatic hydroxyl groups is 1. The maximum Gasteiger partial charge on any atom is 0.472 e. The molecule has 2 unspecified atom stereocenters. The number of H-pyrrole nitrogens is 1. The van der Waals surface area contributed by atoms with Gasteiger partial charge in [-0.2, -0.15) is 4.98 Å². The molecule has 0 saturated carbocycles. The van der Waals surface area contributed by atoms with Crippen molar-refractivity contribution in [2.75, 3.05) is 24.7 Å². The summed E-state index contributed by atoms with van der Waals surface area (Å²) in [5, 5.41) is 11.2. The molecule has 7 rings (SSSR count). The molecular weight excluding hydrogens is 686 g/mol. The fourth-order valence-electron chi connectivity index (χ4n) is 5.76. The molecular formula is C23H30N10O13P2. The van der Waals surface area contributed by atoms with Gasteiger partial charge in [-0.25, -0.2) is 29.1 Å². The summed E-state index contributed by atoms with van der Waals surface area (Å²) in [5.41, 5.74) is 11.2. The monoisotopic (exact) mass is 716 g/mol. The molecule has 8 N–H and O–H groups in total. The molecule has 0 aliphatic carbocycles. The third-order valence-corrected chi connectivity index (χ3v) is 9.69. The van der Waals surface area contributed by atoms with Crippen LogP contribution in [0.1, 0.15) is 26.3 Å². The van der Waals surface area contributed by atoms with Gasteiger partial charge in [0, 0.05) is 0 Å². The van der Waals surface area contributed by atoms with Gasteiger partial charge in [0.1, 0.15) is 48.5 Å². The number of aromatic amines is 1. The van der Waals surface area contributed by atoms with Gasteiger partial charge in [0.2, 0.25) is 5.95 Å². The number of anilines is 2. The second-order valence-corrected chi connectivity index (χ2v) is 14.1. The zero-order valence-electron chi connectivity index (χ0n) is 24.9. The van der Waals surface area contributed by atoms with Crippen LogP contribution in [0.25, 0.3) is 22.3 Å². The van der Waals surface area contributed by atoms with E-state index in [9.17, 15) is 28.8 Å². The smallest absolute Gasteiger partial charge is 0.386 e. The predicted molar refractivity (Wildman–Crippen MR) is 157 cm³/mol. The fraction of sp³-hybridized carbons (Fsp3) is 0.565. The van der Waals surface area contributed by atoms with Crippen LogP contribution in [0.15, 0.2) is 23.8 Å². The summed E-state index contributed by atoms with van der Waals surface area (Å²) in [6, 6.07) is 0. The van der Waals surface area contributed by atoms with E-state index in [2.05, 4.69) is 29.9 Å². The van der Waals surface area contributed by atoms with Crippen molar-refractivity contribution in [1.82, 2.24) is 39.0 Å². The Bertz CT molecular complexity index is 2010. The molecule has 23 nitrogen and oxygen atoms in total. The van der Waals surface area contributed by atoms with Crippen molar-refractivity contribution in [3.63, 3.8) is 0 Å². The quantitative estimate of drug-likeness (QED) is 0.139. The number of ether oxygens (including phenoxy) is 3. The van der Waals surface area contributed by atoms with Crippen molar-refractivity contribution in [2.45, 2.75) is 69.0 Å². The number of phosphoric acid groups is 2. The Labute approximate surface area is 268 Å². The topological polar surface area (TPSA) is 319 Å². The molecule has 7 heterocycles. The SMILES string of the molecule is CC(C)O[C@@H]1[C@@H]2OP(=O)(O)OC[C@H]3O[C@@H](n4cnc5c(N)ncnc54)[C@H](O)[C@@H]3OP(=O)(O)OC[C@H]2O[C@H]1n1cnc2c(=O)[nH]c(N)nc21. The van der Waals surface area contributed by atoms with Crippen molar-refractivity contribution >= 4 is 49.7 Å². The Morgan fingerprint density at radius 3 is 2.21 bits per heavy atom. The highest BCUT2D eigenvalue weighted by Crippen LogP contribution is 2.54. The highest BCUT2D eigenvalue weighted by molar-refractivity contribution is 7.47. The number of rotatable bonds is 4. The maximum absolute atomic E-state index is 13.4. The first-order valence-electron chi connectivity index (χ1n) is 14.3.